The summed E-state index contributed by atoms with van der Waals surface area (Å²) < 4.78 is 6.02. The van der Waals surface area contributed by atoms with E-state index in [4.69, 9.17) is 4.74 Å². The fraction of sp³-hybridized carbons (Fsp3) is 0.407. The molecule has 174 valence electrons. The summed E-state index contributed by atoms with van der Waals surface area (Å²) in [7, 11) is 4.19. The highest BCUT2D eigenvalue weighted by molar-refractivity contribution is 5.97. The van der Waals surface area contributed by atoms with Crippen molar-refractivity contribution in [3.63, 3.8) is 0 Å². The molecular formula is C27H33N3O3. The molecule has 2 aromatic carbocycles. The Morgan fingerprint density at radius 2 is 1.88 bits per heavy atom. The van der Waals surface area contributed by atoms with Crippen molar-refractivity contribution in [2.45, 2.75) is 45.3 Å². The van der Waals surface area contributed by atoms with Crippen LogP contribution in [0.25, 0.3) is 21.9 Å². The van der Waals surface area contributed by atoms with Crippen LogP contribution in [-0.2, 0) is 4.79 Å². The van der Waals surface area contributed by atoms with Gasteiger partial charge in [-0.1, -0.05) is 24.3 Å². The molecule has 0 spiro atoms. The van der Waals surface area contributed by atoms with Crippen molar-refractivity contribution < 1.29 is 9.53 Å². The predicted octanol–water partition coefficient (Wildman–Crippen LogP) is 4.21. The van der Waals surface area contributed by atoms with Gasteiger partial charge in [0, 0.05) is 30.9 Å². The molecule has 0 bridgehead atoms. The number of nitrogens with one attached hydrogen (secondary N) is 1. The highest BCUT2D eigenvalue weighted by atomic mass is 16.5. The first-order chi connectivity index (χ1) is 15.8. The first-order valence-corrected chi connectivity index (χ1v) is 11.7. The predicted molar refractivity (Wildman–Crippen MR) is 133 cm³/mol. The summed E-state index contributed by atoms with van der Waals surface area (Å²) in [6.45, 7) is 5.34. The molecule has 2 atom stereocenters. The van der Waals surface area contributed by atoms with Crippen LogP contribution >= 0.6 is 0 Å². The molecular weight excluding hydrogens is 414 g/mol. The Morgan fingerprint density at radius 1 is 1.09 bits per heavy atom. The number of rotatable bonds is 5. The largest absolute Gasteiger partial charge is 0.481 e. The van der Waals surface area contributed by atoms with Gasteiger partial charge in [-0.05, 0) is 81.9 Å². The van der Waals surface area contributed by atoms with Gasteiger partial charge in [-0.25, -0.2) is 0 Å². The number of aryl methyl sites for hydroxylation is 1. The van der Waals surface area contributed by atoms with E-state index < -0.39 is 6.10 Å². The molecule has 1 aliphatic heterocycles. The summed E-state index contributed by atoms with van der Waals surface area (Å²) in [6, 6.07) is 14.1. The number of hydrogen-bond acceptors (Lipinski definition) is 4. The van der Waals surface area contributed by atoms with Gasteiger partial charge in [0.2, 0.25) is 0 Å². The van der Waals surface area contributed by atoms with E-state index in [-0.39, 0.29) is 11.5 Å². The fourth-order valence-corrected chi connectivity index (χ4v) is 4.74. The lowest BCUT2D eigenvalue weighted by atomic mass is 9.97. The minimum absolute atomic E-state index is 0.00271. The van der Waals surface area contributed by atoms with Gasteiger partial charge in [0.1, 0.15) is 5.75 Å². The lowest BCUT2D eigenvalue weighted by Gasteiger charge is -2.26. The molecule has 6 heteroatoms. The highest BCUT2D eigenvalue weighted by Crippen LogP contribution is 2.30. The number of nitrogens with zero attached hydrogens (tertiary/aromatic N) is 2. The smallest absolute Gasteiger partial charge is 0.263 e. The van der Waals surface area contributed by atoms with E-state index in [0.29, 0.717) is 17.2 Å². The van der Waals surface area contributed by atoms with E-state index in [1.807, 2.05) is 29.2 Å². The lowest BCUT2D eigenvalue weighted by Crippen LogP contribution is -2.41. The van der Waals surface area contributed by atoms with Crippen LogP contribution in [0.4, 0.5) is 0 Å². The Kier molecular flexibility index (Phi) is 6.84. The highest BCUT2D eigenvalue weighted by Gasteiger charge is 2.26. The lowest BCUT2D eigenvalue weighted by molar-refractivity contribution is -0.137. The number of likely N-dealkylation sites (tertiary alicyclic amines) is 1. The summed E-state index contributed by atoms with van der Waals surface area (Å²) in [4.78, 5) is 32.7. The number of carbonyl (C=O) groups is 1. The number of fused-ring (bicyclic) bond motifs is 1. The molecule has 3 aromatic rings. The van der Waals surface area contributed by atoms with E-state index in [2.05, 4.69) is 43.0 Å². The zero-order valence-corrected chi connectivity index (χ0v) is 19.9. The number of carbonyl (C=O) groups excluding carboxylic acids is 1. The third kappa shape index (κ3) is 4.96. The number of amides is 1. The summed E-state index contributed by atoms with van der Waals surface area (Å²) in [5, 5.41) is 1.41. The van der Waals surface area contributed by atoms with E-state index in [9.17, 15) is 9.59 Å². The van der Waals surface area contributed by atoms with E-state index in [1.165, 1.54) is 0 Å². The molecule has 1 aromatic heterocycles. The molecule has 2 heterocycles. The maximum atomic E-state index is 13.1. The summed E-state index contributed by atoms with van der Waals surface area (Å²) in [6.07, 6.45) is 4.22. The zero-order chi connectivity index (χ0) is 23.5. The monoisotopic (exact) mass is 447 g/mol. The maximum Gasteiger partial charge on any atom is 0.263 e. The second-order valence-corrected chi connectivity index (χ2v) is 9.19. The Bertz CT molecular complexity index is 1200. The summed E-state index contributed by atoms with van der Waals surface area (Å²) in [5.41, 5.74) is 3.01. The van der Waals surface area contributed by atoms with Crippen LogP contribution in [0.3, 0.4) is 0 Å². The standard InChI is InChI=1S/C27H33N3O3/c1-18-8-5-6-10-22(18)25-17-28-26(31)24-16-21(11-12-23(24)25)33-19(2)27(32)30-14-7-9-20(13-15-30)29(3)4/h5-6,8,10-12,16-17,19-20H,7,9,13-15H2,1-4H3,(H,28,31)/t19-,20-/m1/s1. The SMILES string of the molecule is Cc1ccccc1-c1c[nH]c(=O)c2cc(O[C@H](C)C(=O)N3CCC[C@@H](N(C)C)CC3)ccc12. The minimum Gasteiger partial charge on any atom is -0.481 e. The molecule has 0 aliphatic carbocycles. The average molecular weight is 448 g/mol. The normalized spacial score (nSPS) is 17.7. The number of aromatic nitrogens is 1. The van der Waals surface area contributed by atoms with Gasteiger partial charge in [-0.2, -0.15) is 0 Å². The van der Waals surface area contributed by atoms with Crippen molar-refractivity contribution in [1.29, 1.82) is 0 Å². The van der Waals surface area contributed by atoms with Crippen LogP contribution in [0.5, 0.6) is 5.75 Å². The van der Waals surface area contributed by atoms with Gasteiger partial charge in [-0.15, -0.1) is 0 Å². The molecule has 1 saturated heterocycles. The topological polar surface area (TPSA) is 65.6 Å². The quantitative estimate of drug-likeness (QED) is 0.636. The average Bonchev–Trinajstić information content (AvgIpc) is 3.06. The Morgan fingerprint density at radius 3 is 2.64 bits per heavy atom. The van der Waals surface area contributed by atoms with Crippen LogP contribution in [-0.4, -0.2) is 60.0 Å². The molecule has 4 rings (SSSR count). The van der Waals surface area contributed by atoms with Crippen LogP contribution < -0.4 is 10.3 Å². The van der Waals surface area contributed by atoms with Gasteiger partial charge in [0.25, 0.3) is 11.5 Å². The van der Waals surface area contributed by atoms with E-state index in [0.717, 1.165) is 54.4 Å². The number of H-pyrrole nitrogens is 1. The number of benzene rings is 2. The van der Waals surface area contributed by atoms with Crippen LogP contribution in [0.1, 0.15) is 31.7 Å². The second-order valence-electron chi connectivity index (χ2n) is 9.19. The van der Waals surface area contributed by atoms with Gasteiger partial charge < -0.3 is 19.5 Å². The van der Waals surface area contributed by atoms with Crippen LogP contribution in [0, 0.1) is 6.92 Å². The van der Waals surface area contributed by atoms with Crippen molar-refractivity contribution in [1.82, 2.24) is 14.8 Å². The van der Waals surface area contributed by atoms with Crippen molar-refractivity contribution in [2.75, 3.05) is 27.2 Å². The first kappa shape index (κ1) is 23.1. The number of aromatic amines is 1. The van der Waals surface area contributed by atoms with E-state index >= 15 is 0 Å². The fourth-order valence-electron chi connectivity index (χ4n) is 4.74. The Balaban J connectivity index is 1.54. The second kappa shape index (κ2) is 9.79. The first-order valence-electron chi connectivity index (χ1n) is 11.7. The van der Waals surface area contributed by atoms with Gasteiger partial charge >= 0.3 is 0 Å². The van der Waals surface area contributed by atoms with Gasteiger partial charge in [0.15, 0.2) is 6.10 Å². The van der Waals surface area contributed by atoms with Gasteiger partial charge in [-0.3, -0.25) is 9.59 Å². The summed E-state index contributed by atoms with van der Waals surface area (Å²) in [5.74, 6) is 0.522. The molecule has 6 nitrogen and oxygen atoms in total. The minimum atomic E-state index is -0.614. The number of ether oxygens (including phenoxy) is 1. The number of pyridine rings is 1. The Hall–Kier alpha value is -3.12. The van der Waals surface area contributed by atoms with E-state index in [1.54, 1.807) is 19.2 Å². The third-order valence-corrected chi connectivity index (χ3v) is 6.71. The van der Waals surface area contributed by atoms with Crippen molar-refractivity contribution in [3.05, 3.63) is 64.6 Å². The van der Waals surface area contributed by atoms with Gasteiger partial charge in [0.05, 0.1) is 5.39 Å². The molecule has 0 saturated carbocycles. The third-order valence-electron chi connectivity index (χ3n) is 6.71. The molecule has 33 heavy (non-hydrogen) atoms. The van der Waals surface area contributed by atoms with Crippen LogP contribution in [0.2, 0.25) is 0 Å². The Labute approximate surface area is 195 Å². The zero-order valence-electron chi connectivity index (χ0n) is 19.9. The molecule has 0 unspecified atom stereocenters. The molecule has 1 N–H and O–H groups in total. The molecule has 1 fully saturated rings. The van der Waals surface area contributed by atoms with Crippen molar-refractivity contribution in [3.8, 4) is 16.9 Å². The van der Waals surface area contributed by atoms with Crippen LogP contribution in [0.15, 0.2) is 53.5 Å². The summed E-state index contributed by atoms with van der Waals surface area (Å²) >= 11 is 0. The molecule has 1 amide bonds. The molecule has 1 aliphatic rings. The molecule has 0 radical (unpaired) electrons. The van der Waals surface area contributed by atoms with Crippen molar-refractivity contribution >= 4 is 16.7 Å². The van der Waals surface area contributed by atoms with Crippen molar-refractivity contribution in [2.24, 2.45) is 0 Å². The number of hydrogen-bond donors (Lipinski definition) is 1. The maximum absolute atomic E-state index is 13.1.